The van der Waals surface area contributed by atoms with Gasteiger partial charge in [-0.25, -0.2) is 0 Å². The van der Waals surface area contributed by atoms with Gasteiger partial charge in [0.1, 0.15) is 5.78 Å². The molecule has 0 fully saturated rings. The van der Waals surface area contributed by atoms with E-state index in [0.29, 0.717) is 12.0 Å². The molecule has 0 radical (unpaired) electrons. The lowest BCUT2D eigenvalue weighted by molar-refractivity contribution is -0.386. The highest BCUT2D eigenvalue weighted by molar-refractivity contribution is 5.82. The molecule has 0 saturated carbocycles. The molecule has 0 heterocycles. The number of carbonyl (C=O) groups is 1. The van der Waals surface area contributed by atoms with Gasteiger partial charge in [-0.15, -0.1) is 0 Å². The van der Waals surface area contributed by atoms with E-state index in [1.807, 2.05) is 0 Å². The number of Topliss-reactive ketones (excluding diaryl/α,β-unsaturated/α-hetero) is 1. The number of hydrogen-bond acceptors (Lipinski definition) is 4. The molecule has 0 bridgehead atoms. The summed E-state index contributed by atoms with van der Waals surface area (Å²) in [4.78, 5) is 21.7. The summed E-state index contributed by atoms with van der Waals surface area (Å²) in [7, 11) is 1.37. The number of methoxy groups -OCH3 is 1. The quantitative estimate of drug-likeness (QED) is 0.566. The molecule has 0 N–H and O–H groups in total. The molecule has 0 amide bonds. The second-order valence-electron chi connectivity index (χ2n) is 3.29. The highest BCUT2D eigenvalue weighted by Gasteiger charge is 2.21. The van der Waals surface area contributed by atoms with E-state index in [1.54, 1.807) is 19.1 Å². The number of ketones is 1. The van der Waals surface area contributed by atoms with Gasteiger partial charge >= 0.3 is 5.69 Å². The normalized spacial score (nSPS) is 9.88. The molecule has 0 saturated heterocycles. The predicted molar refractivity (Wildman–Crippen MR) is 58.7 cm³/mol. The van der Waals surface area contributed by atoms with E-state index in [4.69, 9.17) is 4.74 Å². The lowest BCUT2D eigenvalue weighted by Gasteiger charge is -2.05. The van der Waals surface area contributed by atoms with E-state index < -0.39 is 4.92 Å². The van der Waals surface area contributed by atoms with Crippen molar-refractivity contribution in [1.82, 2.24) is 0 Å². The van der Waals surface area contributed by atoms with E-state index in [2.05, 4.69) is 0 Å². The smallest absolute Gasteiger partial charge is 0.314 e. The molecular weight excluding hydrogens is 210 g/mol. The Labute approximate surface area is 93.2 Å². The fraction of sp³-hybridized carbons (Fsp3) is 0.364. The number of para-hydroxylation sites is 1. The topological polar surface area (TPSA) is 69.4 Å². The van der Waals surface area contributed by atoms with E-state index in [0.717, 1.165) is 0 Å². The van der Waals surface area contributed by atoms with Crippen LogP contribution in [0.25, 0.3) is 0 Å². The molecule has 0 spiro atoms. The van der Waals surface area contributed by atoms with Crippen LogP contribution in [0.15, 0.2) is 18.2 Å². The lowest BCUT2D eigenvalue weighted by atomic mass is 10.1. The number of ether oxygens (including phenoxy) is 1. The first kappa shape index (κ1) is 12.2. The Bertz CT molecular complexity index is 414. The average Bonchev–Trinajstić information content (AvgIpc) is 2.28. The molecule has 5 heteroatoms. The Morgan fingerprint density at radius 3 is 2.69 bits per heavy atom. The predicted octanol–water partition coefficient (Wildman–Crippen LogP) is 2.12. The third-order valence-electron chi connectivity index (χ3n) is 2.27. The molecule has 0 aliphatic heterocycles. The summed E-state index contributed by atoms with van der Waals surface area (Å²) in [6.45, 7) is 1.73. The average molecular weight is 223 g/mol. The van der Waals surface area contributed by atoms with Crippen molar-refractivity contribution >= 4 is 11.5 Å². The van der Waals surface area contributed by atoms with Crippen molar-refractivity contribution in [3.63, 3.8) is 0 Å². The van der Waals surface area contributed by atoms with Crippen LogP contribution in [0.3, 0.4) is 0 Å². The first-order chi connectivity index (χ1) is 7.60. The third kappa shape index (κ3) is 2.56. The monoisotopic (exact) mass is 223 g/mol. The van der Waals surface area contributed by atoms with Crippen molar-refractivity contribution in [1.29, 1.82) is 0 Å². The second-order valence-corrected chi connectivity index (χ2v) is 3.29. The number of benzene rings is 1. The zero-order valence-electron chi connectivity index (χ0n) is 9.23. The van der Waals surface area contributed by atoms with E-state index in [-0.39, 0.29) is 23.6 Å². The van der Waals surface area contributed by atoms with Crippen LogP contribution in [0.2, 0.25) is 0 Å². The summed E-state index contributed by atoms with van der Waals surface area (Å²) >= 11 is 0. The molecule has 1 rings (SSSR count). The van der Waals surface area contributed by atoms with Crippen LogP contribution in [0.1, 0.15) is 18.9 Å². The second kappa shape index (κ2) is 5.25. The van der Waals surface area contributed by atoms with Gasteiger partial charge < -0.3 is 4.74 Å². The summed E-state index contributed by atoms with van der Waals surface area (Å²) in [5.74, 6) is 0.155. The summed E-state index contributed by atoms with van der Waals surface area (Å²) in [5.41, 5.74) is 0.281. The third-order valence-corrected chi connectivity index (χ3v) is 2.27. The summed E-state index contributed by atoms with van der Waals surface area (Å²) in [5, 5.41) is 10.9. The maximum Gasteiger partial charge on any atom is 0.314 e. The number of nitro groups is 1. The van der Waals surface area contributed by atoms with Gasteiger partial charge in [0, 0.05) is 18.4 Å². The number of nitrogens with zero attached hydrogens (tertiary/aromatic N) is 1. The number of nitro benzene ring substituents is 1. The number of carbonyl (C=O) groups excluding carboxylic acids is 1. The minimum atomic E-state index is -0.517. The lowest BCUT2D eigenvalue weighted by Crippen LogP contribution is -2.05. The van der Waals surface area contributed by atoms with Gasteiger partial charge in [0.25, 0.3) is 0 Å². The minimum Gasteiger partial charge on any atom is -0.490 e. The van der Waals surface area contributed by atoms with Gasteiger partial charge in [-0.1, -0.05) is 19.1 Å². The zero-order chi connectivity index (χ0) is 12.1. The maximum atomic E-state index is 11.3. The van der Waals surface area contributed by atoms with Crippen molar-refractivity contribution in [3.05, 3.63) is 33.9 Å². The van der Waals surface area contributed by atoms with Gasteiger partial charge in [-0.05, 0) is 6.07 Å². The van der Waals surface area contributed by atoms with Crippen LogP contribution >= 0.6 is 0 Å². The summed E-state index contributed by atoms with van der Waals surface area (Å²) in [6.07, 6.45) is 0.443. The van der Waals surface area contributed by atoms with Crippen LogP contribution < -0.4 is 4.74 Å². The molecular formula is C11H13NO4. The van der Waals surface area contributed by atoms with Gasteiger partial charge in [0.2, 0.25) is 0 Å². The SMILES string of the molecule is CCC(=O)Cc1cccc(OC)c1[N+](=O)[O-]. The van der Waals surface area contributed by atoms with E-state index in [9.17, 15) is 14.9 Å². The Morgan fingerprint density at radius 2 is 2.19 bits per heavy atom. The number of hydrogen-bond donors (Lipinski definition) is 0. The van der Waals surface area contributed by atoms with Crippen molar-refractivity contribution in [2.24, 2.45) is 0 Å². The molecule has 1 aromatic rings. The molecule has 0 aliphatic carbocycles. The molecule has 0 atom stereocenters. The Hall–Kier alpha value is -1.91. The van der Waals surface area contributed by atoms with E-state index in [1.165, 1.54) is 13.2 Å². The molecule has 86 valence electrons. The van der Waals surface area contributed by atoms with Gasteiger partial charge in [-0.2, -0.15) is 0 Å². The van der Waals surface area contributed by atoms with E-state index >= 15 is 0 Å². The molecule has 0 unspecified atom stereocenters. The summed E-state index contributed by atoms with van der Waals surface area (Å²) < 4.78 is 4.91. The van der Waals surface area contributed by atoms with Gasteiger partial charge in [0.15, 0.2) is 5.75 Å². The van der Waals surface area contributed by atoms with Crippen LogP contribution in [0, 0.1) is 10.1 Å². The molecule has 5 nitrogen and oxygen atoms in total. The van der Waals surface area contributed by atoms with Crippen LogP contribution in [0.5, 0.6) is 5.75 Å². The van der Waals surface area contributed by atoms with Crippen molar-refractivity contribution < 1.29 is 14.5 Å². The van der Waals surface area contributed by atoms with Crippen LogP contribution in [0.4, 0.5) is 5.69 Å². The fourth-order valence-electron chi connectivity index (χ4n) is 1.42. The van der Waals surface area contributed by atoms with Crippen molar-refractivity contribution in [2.75, 3.05) is 7.11 Å². The zero-order valence-corrected chi connectivity index (χ0v) is 9.23. The molecule has 0 aromatic heterocycles. The van der Waals surface area contributed by atoms with Crippen molar-refractivity contribution in [2.45, 2.75) is 19.8 Å². The van der Waals surface area contributed by atoms with Crippen LogP contribution in [-0.4, -0.2) is 17.8 Å². The molecule has 16 heavy (non-hydrogen) atoms. The largest absolute Gasteiger partial charge is 0.490 e. The van der Waals surface area contributed by atoms with Crippen molar-refractivity contribution in [3.8, 4) is 5.75 Å². The molecule has 0 aliphatic rings. The van der Waals surface area contributed by atoms with Gasteiger partial charge in [-0.3, -0.25) is 14.9 Å². The Balaban J connectivity index is 3.17. The van der Waals surface area contributed by atoms with Gasteiger partial charge in [0.05, 0.1) is 12.0 Å². The maximum absolute atomic E-state index is 11.3. The first-order valence-electron chi connectivity index (χ1n) is 4.92. The highest BCUT2D eigenvalue weighted by Crippen LogP contribution is 2.30. The standard InChI is InChI=1S/C11H13NO4/c1-3-9(13)7-8-5-4-6-10(16-2)11(8)12(14)15/h4-6H,3,7H2,1-2H3. The minimum absolute atomic E-state index is 0.0312. The summed E-state index contributed by atoms with van der Waals surface area (Å²) in [6, 6.07) is 4.73. The Kier molecular flexibility index (Phi) is 3.99. The highest BCUT2D eigenvalue weighted by atomic mass is 16.6. The molecule has 1 aromatic carbocycles. The Morgan fingerprint density at radius 1 is 1.50 bits per heavy atom. The number of rotatable bonds is 5. The fourth-order valence-corrected chi connectivity index (χ4v) is 1.42. The first-order valence-corrected chi connectivity index (χ1v) is 4.92. The van der Waals surface area contributed by atoms with Crippen LogP contribution in [-0.2, 0) is 11.2 Å².